The van der Waals surface area contributed by atoms with E-state index in [0.29, 0.717) is 0 Å². The van der Waals surface area contributed by atoms with Crippen LogP contribution in [0.3, 0.4) is 0 Å². The fourth-order valence-corrected chi connectivity index (χ4v) is 0. The summed E-state index contributed by atoms with van der Waals surface area (Å²) in [4.78, 5) is 25.6. The van der Waals surface area contributed by atoms with E-state index in [1.807, 2.05) is 0 Å². The largest absolute Gasteiger partial charge is 4.00 e. The Bertz CT molecular complexity index is 62.2. The Morgan fingerprint density at radius 2 is 1.12 bits per heavy atom. The minimum absolute atomic E-state index is 0. The van der Waals surface area contributed by atoms with Crippen LogP contribution in [-0.2, 0) is 42.7 Å². The van der Waals surface area contributed by atoms with Gasteiger partial charge in [-0.05, 0) is 0 Å². The van der Waals surface area contributed by atoms with Gasteiger partial charge in [0.15, 0.2) is 0 Å². The van der Waals surface area contributed by atoms with Gasteiger partial charge in [-0.2, -0.15) is 7.82 Å². The van der Waals surface area contributed by atoms with E-state index in [1.54, 1.807) is 0 Å². The Hall–Kier alpha value is 1.92. The molecular weight excluding hydrogens is 254 g/mol. The molecule has 0 aliphatic heterocycles. The summed E-state index contributed by atoms with van der Waals surface area (Å²) >= 11 is 0. The standard InChI is InChI=1S/Fe.Li.Mo.H3O4P/c;;;1-5(2,3)4/h;;;(H3,1,2,3,4)/q+2;+1;+4;/p-3. The maximum atomic E-state index is 8.55. The van der Waals surface area contributed by atoms with E-state index in [-0.39, 0.29) is 57.0 Å². The van der Waals surface area contributed by atoms with Crippen LogP contribution < -0.4 is 33.5 Å². The molecule has 0 bridgehead atoms. The summed E-state index contributed by atoms with van der Waals surface area (Å²) in [6, 6.07) is 0. The molecule has 0 radical (unpaired) electrons. The number of phosphoric acid groups is 1. The van der Waals surface area contributed by atoms with Crippen LogP contribution in [0.1, 0.15) is 0 Å². The van der Waals surface area contributed by atoms with Gasteiger partial charge in [-0.3, -0.25) is 0 Å². The molecule has 0 unspecified atom stereocenters. The zero-order valence-electron chi connectivity index (χ0n) is 3.84. The average Bonchev–Trinajstić information content (AvgIpc) is 0.722. The van der Waals surface area contributed by atoms with Crippen molar-refractivity contribution in [3.05, 3.63) is 0 Å². The van der Waals surface area contributed by atoms with Gasteiger partial charge in [-0.15, -0.1) is 0 Å². The molecule has 0 aliphatic carbocycles. The molecule has 0 aliphatic rings. The SMILES string of the molecule is O=P([O-])([O-])[O-].[Fe+2].[Li+].[Mo+4]. The second-order valence-electron chi connectivity index (χ2n) is 0.447. The molecule has 0 atom stereocenters. The molecule has 0 fully saturated rings. The summed E-state index contributed by atoms with van der Waals surface area (Å²) in [6.07, 6.45) is 0. The van der Waals surface area contributed by atoms with E-state index in [0.717, 1.165) is 0 Å². The predicted octanol–water partition coefficient (Wildman–Crippen LogP) is -5.83. The van der Waals surface area contributed by atoms with Crippen molar-refractivity contribution >= 4 is 7.82 Å². The Kier molecular flexibility index (Phi) is 25.1. The summed E-state index contributed by atoms with van der Waals surface area (Å²) in [5.41, 5.74) is 0. The van der Waals surface area contributed by atoms with Crippen molar-refractivity contribution in [2.75, 3.05) is 0 Å². The van der Waals surface area contributed by atoms with Crippen LogP contribution in [0.4, 0.5) is 0 Å². The third-order valence-corrected chi connectivity index (χ3v) is 0. The van der Waals surface area contributed by atoms with Crippen molar-refractivity contribution in [1.82, 2.24) is 0 Å². The van der Waals surface area contributed by atoms with E-state index in [9.17, 15) is 0 Å². The summed E-state index contributed by atoms with van der Waals surface area (Å²) in [6.45, 7) is 0. The first-order chi connectivity index (χ1) is 2.00. The number of hydrogen-bond acceptors (Lipinski definition) is 4. The van der Waals surface area contributed by atoms with Crippen LogP contribution in [0.15, 0.2) is 0 Å². The van der Waals surface area contributed by atoms with Crippen molar-refractivity contribution in [3.63, 3.8) is 0 Å². The Labute approximate surface area is 83.6 Å². The quantitative estimate of drug-likeness (QED) is 0.318. The topological polar surface area (TPSA) is 86.2 Å². The first-order valence-electron chi connectivity index (χ1n) is 0.730. The molecule has 0 spiro atoms. The van der Waals surface area contributed by atoms with E-state index in [2.05, 4.69) is 0 Å². The second-order valence-corrected chi connectivity index (χ2v) is 1.34. The van der Waals surface area contributed by atoms with Gasteiger partial charge >= 0.3 is 57.0 Å². The van der Waals surface area contributed by atoms with E-state index < -0.39 is 7.82 Å². The molecule has 8 heteroatoms. The van der Waals surface area contributed by atoms with Gasteiger partial charge in [-0.25, -0.2) is 0 Å². The molecule has 0 aromatic rings. The second kappa shape index (κ2) is 8.92. The van der Waals surface area contributed by atoms with Crippen LogP contribution in [0, 0.1) is 0 Å². The molecule has 0 saturated heterocycles. The molecule has 8 heavy (non-hydrogen) atoms. The minimum Gasteiger partial charge on any atom is -0.822 e. The van der Waals surface area contributed by atoms with E-state index in [4.69, 9.17) is 19.2 Å². The van der Waals surface area contributed by atoms with Crippen molar-refractivity contribution in [2.24, 2.45) is 0 Å². The molecule has 0 amide bonds. The molecule has 4 nitrogen and oxygen atoms in total. The van der Waals surface area contributed by atoms with E-state index in [1.165, 1.54) is 0 Å². The number of rotatable bonds is 0. The average molecular weight is 254 g/mol. The van der Waals surface area contributed by atoms with E-state index >= 15 is 0 Å². The molecule has 40 valence electrons. The Morgan fingerprint density at radius 1 is 1.12 bits per heavy atom. The maximum Gasteiger partial charge on any atom is 4.00 e. The fourth-order valence-electron chi connectivity index (χ4n) is 0. The fraction of sp³-hybridized carbons (Fsp3) is 0. The van der Waals surface area contributed by atoms with Crippen LogP contribution in [0.5, 0.6) is 0 Å². The van der Waals surface area contributed by atoms with Crippen molar-refractivity contribution < 1.29 is 76.2 Å². The van der Waals surface area contributed by atoms with Gasteiger partial charge in [0.2, 0.25) is 0 Å². The predicted molar refractivity (Wildman–Crippen MR) is 7.61 cm³/mol. The summed E-state index contributed by atoms with van der Waals surface area (Å²) in [5, 5.41) is 0. The molecule has 0 aromatic heterocycles. The molecular formula is FeLiMoO4P+4. The van der Waals surface area contributed by atoms with Gasteiger partial charge in [0.25, 0.3) is 0 Å². The van der Waals surface area contributed by atoms with Crippen LogP contribution in [0.25, 0.3) is 0 Å². The van der Waals surface area contributed by atoms with Gasteiger partial charge in [0.05, 0.1) is 0 Å². The van der Waals surface area contributed by atoms with Crippen LogP contribution in [0.2, 0.25) is 0 Å². The third-order valence-electron chi connectivity index (χ3n) is 0. The minimum atomic E-state index is -5.39. The monoisotopic (exact) mass is 256 g/mol. The van der Waals surface area contributed by atoms with Crippen molar-refractivity contribution in [1.29, 1.82) is 0 Å². The zero-order valence-corrected chi connectivity index (χ0v) is 7.85. The normalized spacial score (nSPS) is 7.38. The first kappa shape index (κ1) is 22.5. The van der Waals surface area contributed by atoms with Gasteiger partial charge in [0.1, 0.15) is 0 Å². The van der Waals surface area contributed by atoms with Crippen molar-refractivity contribution in [3.8, 4) is 0 Å². The summed E-state index contributed by atoms with van der Waals surface area (Å²) in [5.74, 6) is 0. The van der Waals surface area contributed by atoms with Crippen molar-refractivity contribution in [2.45, 2.75) is 0 Å². The summed E-state index contributed by atoms with van der Waals surface area (Å²) < 4.78 is 8.55. The molecule has 0 N–H and O–H groups in total. The molecule has 0 saturated carbocycles. The molecule has 0 rings (SSSR count). The summed E-state index contributed by atoms with van der Waals surface area (Å²) in [7, 11) is -5.39. The Morgan fingerprint density at radius 3 is 1.12 bits per heavy atom. The van der Waals surface area contributed by atoms with Crippen LogP contribution >= 0.6 is 7.82 Å². The smallest absolute Gasteiger partial charge is 0.822 e. The first-order valence-corrected chi connectivity index (χ1v) is 2.19. The number of hydrogen-bond donors (Lipinski definition) is 0. The van der Waals surface area contributed by atoms with Gasteiger partial charge in [-0.1, -0.05) is 0 Å². The molecule has 0 heterocycles. The third kappa shape index (κ3) is 103. The Balaban J connectivity index is -0.0000000267. The van der Waals surface area contributed by atoms with Gasteiger partial charge in [0, 0.05) is 0 Å². The van der Waals surface area contributed by atoms with Gasteiger partial charge < -0.3 is 19.2 Å². The zero-order chi connectivity index (χ0) is 4.50. The maximum absolute atomic E-state index is 8.55. The molecule has 0 aromatic carbocycles. The van der Waals surface area contributed by atoms with Crippen LogP contribution in [-0.4, -0.2) is 0 Å².